The summed E-state index contributed by atoms with van der Waals surface area (Å²) in [5.74, 6) is -0.724. The lowest BCUT2D eigenvalue weighted by Crippen LogP contribution is -2.26. The fourth-order valence-electron chi connectivity index (χ4n) is 1.99. The van der Waals surface area contributed by atoms with Crippen molar-refractivity contribution in [2.45, 2.75) is 12.8 Å². The van der Waals surface area contributed by atoms with Crippen molar-refractivity contribution in [2.24, 2.45) is 5.92 Å². The van der Waals surface area contributed by atoms with E-state index in [1.807, 2.05) is 0 Å². The van der Waals surface area contributed by atoms with Gasteiger partial charge in [-0.2, -0.15) is 0 Å². The van der Waals surface area contributed by atoms with E-state index in [-0.39, 0.29) is 11.3 Å². The first kappa shape index (κ1) is 12.8. The van der Waals surface area contributed by atoms with Gasteiger partial charge in [-0.1, -0.05) is 0 Å². The number of phenols is 1. The SMILES string of the molecule is O=C(NCCC1CCOC1)c1cc(F)ccc1O. The lowest BCUT2D eigenvalue weighted by atomic mass is 10.1. The molecule has 5 heteroatoms. The maximum atomic E-state index is 13.0. The number of carbonyl (C=O) groups excluding carboxylic acids is 1. The molecule has 1 aromatic carbocycles. The van der Waals surface area contributed by atoms with E-state index in [1.165, 1.54) is 6.07 Å². The molecule has 0 spiro atoms. The first-order valence-electron chi connectivity index (χ1n) is 6.01. The van der Waals surface area contributed by atoms with Crippen LogP contribution in [0.1, 0.15) is 23.2 Å². The minimum absolute atomic E-state index is 0.0299. The molecule has 0 aromatic heterocycles. The Morgan fingerprint density at radius 1 is 1.56 bits per heavy atom. The fourth-order valence-corrected chi connectivity index (χ4v) is 1.99. The van der Waals surface area contributed by atoms with Gasteiger partial charge in [0, 0.05) is 19.8 Å². The molecule has 1 aliphatic rings. The minimum Gasteiger partial charge on any atom is -0.507 e. The summed E-state index contributed by atoms with van der Waals surface area (Å²) in [5.41, 5.74) is -0.0299. The van der Waals surface area contributed by atoms with E-state index in [2.05, 4.69) is 5.32 Å². The van der Waals surface area contributed by atoms with E-state index in [1.54, 1.807) is 0 Å². The van der Waals surface area contributed by atoms with E-state index in [0.717, 1.165) is 38.2 Å². The third kappa shape index (κ3) is 3.20. The fraction of sp³-hybridized carbons (Fsp3) is 0.462. The average Bonchev–Trinajstić information content (AvgIpc) is 2.85. The largest absolute Gasteiger partial charge is 0.507 e. The van der Waals surface area contributed by atoms with E-state index >= 15 is 0 Å². The zero-order valence-electron chi connectivity index (χ0n) is 9.99. The topological polar surface area (TPSA) is 58.6 Å². The molecule has 4 nitrogen and oxygen atoms in total. The van der Waals surface area contributed by atoms with Crippen LogP contribution >= 0.6 is 0 Å². The number of halogens is 1. The van der Waals surface area contributed by atoms with Crippen LogP contribution in [-0.4, -0.2) is 30.8 Å². The van der Waals surface area contributed by atoms with Crippen LogP contribution in [0.5, 0.6) is 5.75 Å². The number of aromatic hydroxyl groups is 1. The molecule has 2 rings (SSSR count). The van der Waals surface area contributed by atoms with Crippen molar-refractivity contribution in [1.29, 1.82) is 0 Å². The van der Waals surface area contributed by atoms with Crippen LogP contribution in [0.25, 0.3) is 0 Å². The number of hydrogen-bond acceptors (Lipinski definition) is 3. The van der Waals surface area contributed by atoms with Crippen molar-refractivity contribution in [3.63, 3.8) is 0 Å². The molecule has 1 aromatic rings. The monoisotopic (exact) mass is 253 g/mol. The molecule has 1 unspecified atom stereocenters. The second kappa shape index (κ2) is 5.82. The lowest BCUT2D eigenvalue weighted by molar-refractivity contribution is 0.0947. The van der Waals surface area contributed by atoms with Crippen LogP contribution < -0.4 is 5.32 Å². The molecule has 1 saturated heterocycles. The lowest BCUT2D eigenvalue weighted by Gasteiger charge is -2.09. The van der Waals surface area contributed by atoms with E-state index in [0.29, 0.717) is 12.5 Å². The highest BCUT2D eigenvalue weighted by molar-refractivity contribution is 5.96. The summed E-state index contributed by atoms with van der Waals surface area (Å²) in [6.07, 6.45) is 1.85. The van der Waals surface area contributed by atoms with Gasteiger partial charge in [0.1, 0.15) is 11.6 Å². The van der Waals surface area contributed by atoms with Crippen LogP contribution in [0, 0.1) is 11.7 Å². The Morgan fingerprint density at radius 3 is 3.11 bits per heavy atom. The van der Waals surface area contributed by atoms with Crippen molar-refractivity contribution in [2.75, 3.05) is 19.8 Å². The van der Waals surface area contributed by atoms with Gasteiger partial charge in [-0.15, -0.1) is 0 Å². The molecule has 0 saturated carbocycles. The molecule has 1 heterocycles. The van der Waals surface area contributed by atoms with Crippen LogP contribution in [0.2, 0.25) is 0 Å². The molecule has 2 N–H and O–H groups in total. The molecule has 98 valence electrons. The Balaban J connectivity index is 1.85. The van der Waals surface area contributed by atoms with Crippen molar-refractivity contribution < 1.29 is 19.0 Å². The molecule has 1 atom stereocenters. The molecule has 0 aliphatic carbocycles. The van der Waals surface area contributed by atoms with Crippen molar-refractivity contribution in [3.05, 3.63) is 29.6 Å². The molecule has 18 heavy (non-hydrogen) atoms. The Kier molecular flexibility index (Phi) is 4.15. The maximum absolute atomic E-state index is 13.0. The average molecular weight is 253 g/mol. The van der Waals surface area contributed by atoms with Crippen LogP contribution in [-0.2, 0) is 4.74 Å². The van der Waals surface area contributed by atoms with Crippen LogP contribution in [0.4, 0.5) is 4.39 Å². The standard InChI is InChI=1S/C13H16FNO3/c14-10-1-2-12(16)11(7-10)13(17)15-5-3-9-4-6-18-8-9/h1-2,7,9,16H,3-6,8H2,(H,15,17). The number of rotatable bonds is 4. The van der Waals surface area contributed by atoms with E-state index < -0.39 is 11.7 Å². The second-order valence-electron chi connectivity index (χ2n) is 4.44. The van der Waals surface area contributed by atoms with Crippen molar-refractivity contribution >= 4 is 5.91 Å². The van der Waals surface area contributed by atoms with Gasteiger partial charge in [0.25, 0.3) is 5.91 Å². The molecule has 1 fully saturated rings. The summed E-state index contributed by atoms with van der Waals surface area (Å²) < 4.78 is 18.2. The van der Waals surface area contributed by atoms with E-state index in [9.17, 15) is 14.3 Å². The number of ether oxygens (including phenoxy) is 1. The van der Waals surface area contributed by atoms with Gasteiger partial charge in [-0.25, -0.2) is 4.39 Å². The highest BCUT2D eigenvalue weighted by atomic mass is 19.1. The summed E-state index contributed by atoms with van der Waals surface area (Å²) >= 11 is 0. The van der Waals surface area contributed by atoms with Crippen LogP contribution in [0.15, 0.2) is 18.2 Å². The number of amides is 1. The number of carbonyl (C=O) groups is 1. The van der Waals surface area contributed by atoms with Crippen molar-refractivity contribution in [1.82, 2.24) is 5.32 Å². The number of benzene rings is 1. The predicted molar refractivity (Wildman–Crippen MR) is 63.9 cm³/mol. The second-order valence-corrected chi connectivity index (χ2v) is 4.44. The summed E-state index contributed by atoms with van der Waals surface area (Å²) in [7, 11) is 0. The first-order valence-corrected chi connectivity index (χ1v) is 6.01. The molecule has 1 amide bonds. The third-order valence-corrected chi connectivity index (χ3v) is 3.07. The summed E-state index contributed by atoms with van der Waals surface area (Å²) in [4.78, 5) is 11.7. The summed E-state index contributed by atoms with van der Waals surface area (Å²) in [6, 6.07) is 3.32. The molecule has 0 bridgehead atoms. The Morgan fingerprint density at radius 2 is 2.39 bits per heavy atom. The predicted octanol–water partition coefficient (Wildman–Crippen LogP) is 1.69. The highest BCUT2D eigenvalue weighted by Crippen LogP contribution is 2.18. The highest BCUT2D eigenvalue weighted by Gasteiger charge is 2.16. The zero-order chi connectivity index (χ0) is 13.0. The van der Waals surface area contributed by atoms with Gasteiger partial charge in [0.15, 0.2) is 0 Å². The smallest absolute Gasteiger partial charge is 0.255 e. The van der Waals surface area contributed by atoms with Gasteiger partial charge in [0.2, 0.25) is 0 Å². The molecular weight excluding hydrogens is 237 g/mol. The van der Waals surface area contributed by atoms with Gasteiger partial charge < -0.3 is 15.2 Å². The first-order chi connectivity index (χ1) is 8.66. The number of nitrogens with one attached hydrogen (secondary N) is 1. The van der Waals surface area contributed by atoms with Crippen molar-refractivity contribution in [3.8, 4) is 5.75 Å². The summed E-state index contributed by atoms with van der Waals surface area (Å²) in [5, 5.41) is 12.1. The molecule has 1 aliphatic heterocycles. The van der Waals surface area contributed by atoms with Crippen LogP contribution in [0.3, 0.4) is 0 Å². The van der Waals surface area contributed by atoms with Gasteiger partial charge in [-0.05, 0) is 37.0 Å². The summed E-state index contributed by atoms with van der Waals surface area (Å²) in [6.45, 7) is 2.02. The van der Waals surface area contributed by atoms with E-state index in [4.69, 9.17) is 4.74 Å². The quantitative estimate of drug-likeness (QED) is 0.858. The maximum Gasteiger partial charge on any atom is 0.255 e. The Labute approximate surface area is 105 Å². The normalized spacial score (nSPS) is 18.8. The van der Waals surface area contributed by atoms with Gasteiger partial charge >= 0.3 is 0 Å². The number of hydrogen-bond donors (Lipinski definition) is 2. The zero-order valence-corrected chi connectivity index (χ0v) is 9.99. The molecule has 0 radical (unpaired) electrons. The number of phenolic OH excluding ortho intramolecular Hbond substituents is 1. The minimum atomic E-state index is -0.540. The Bertz CT molecular complexity index is 430. The Hall–Kier alpha value is -1.62. The molecular formula is C13H16FNO3. The third-order valence-electron chi connectivity index (χ3n) is 3.07. The van der Waals surface area contributed by atoms with Gasteiger partial charge in [-0.3, -0.25) is 4.79 Å². The van der Waals surface area contributed by atoms with Gasteiger partial charge in [0.05, 0.1) is 5.56 Å².